The van der Waals surface area contributed by atoms with Crippen molar-refractivity contribution in [2.24, 2.45) is 11.8 Å². The zero-order chi connectivity index (χ0) is 40.9. The van der Waals surface area contributed by atoms with Crippen LogP contribution in [0.3, 0.4) is 0 Å². The molecule has 0 radical (unpaired) electrons. The highest BCUT2D eigenvalue weighted by Gasteiger charge is 2.55. The largest absolute Gasteiger partial charge is 0.121 e. The molecule has 1 aliphatic carbocycles. The van der Waals surface area contributed by atoms with E-state index in [1.807, 2.05) is 0 Å². The minimum Gasteiger partial charge on any atom is -0.121 e. The lowest BCUT2D eigenvalue weighted by molar-refractivity contribution is 0.109. The normalized spacial score (nSPS) is 16.0. The van der Waals surface area contributed by atoms with Gasteiger partial charge in [-0.2, -0.15) is 0 Å². The highest BCUT2D eigenvalue weighted by Crippen LogP contribution is 2.64. The second kappa shape index (κ2) is 19.2. The number of hydrogen-bond acceptors (Lipinski definition) is 0. The molecule has 0 saturated heterocycles. The predicted molar refractivity (Wildman–Crippen MR) is 255 cm³/mol. The lowest BCUT2D eigenvalue weighted by Crippen LogP contribution is -2.50. The molecule has 0 amide bonds. The first-order valence-corrected chi connectivity index (χ1v) is 24.3. The Hall–Kier alpha value is -2.26. The number of rotatable bonds is 18. The molecule has 0 spiro atoms. The van der Waals surface area contributed by atoms with Gasteiger partial charge in [-0.05, 0) is 191 Å². The van der Waals surface area contributed by atoms with E-state index in [4.69, 9.17) is 0 Å². The summed E-state index contributed by atoms with van der Waals surface area (Å²) in [7, 11) is 7.29. The van der Waals surface area contributed by atoms with Gasteiger partial charge in [0.25, 0.3) is 0 Å². The average Bonchev–Trinajstić information content (AvgIpc) is 3.22. The molecular weight excluding hydrogens is 711 g/mol. The molecule has 0 bridgehead atoms. The fourth-order valence-corrected chi connectivity index (χ4v) is 12.7. The second-order valence-electron chi connectivity index (χ2n) is 16.9. The smallest absolute Gasteiger partial charge is 0.0376 e. The summed E-state index contributed by atoms with van der Waals surface area (Å²) >= 11 is 0. The van der Waals surface area contributed by atoms with Crippen LogP contribution in [0.2, 0.25) is 0 Å². The minimum absolute atomic E-state index is 0.222. The lowest BCUT2D eigenvalue weighted by atomic mass is 9.55. The Balaban J connectivity index is 1.91. The zero-order valence-corrected chi connectivity index (χ0v) is 40.1. The Labute approximate surface area is 349 Å². The minimum atomic E-state index is -0.222. The summed E-state index contributed by atoms with van der Waals surface area (Å²) in [6, 6.07) is 21.2. The molecule has 0 nitrogen and oxygen atoms in total. The molecule has 1 fully saturated rings. The van der Waals surface area contributed by atoms with Gasteiger partial charge < -0.3 is 0 Å². The summed E-state index contributed by atoms with van der Waals surface area (Å²) in [5.41, 5.74) is 24.7. The molecule has 4 atom stereocenters. The third-order valence-electron chi connectivity index (χ3n) is 14.6. The first-order chi connectivity index (χ1) is 27.0. The Kier molecular flexibility index (Phi) is 15.4. The van der Waals surface area contributed by atoms with Gasteiger partial charge in [-0.15, -0.1) is 18.5 Å². The van der Waals surface area contributed by atoms with Crippen LogP contribution in [-0.4, -0.2) is 0 Å². The molecule has 0 heterocycles. The maximum absolute atomic E-state index is 3.64. The summed E-state index contributed by atoms with van der Waals surface area (Å²) in [5, 5.41) is -0.444. The van der Waals surface area contributed by atoms with Gasteiger partial charge >= 0.3 is 0 Å². The van der Waals surface area contributed by atoms with Gasteiger partial charge in [-0.1, -0.05) is 132 Å². The first kappa shape index (κ1) is 44.8. The predicted octanol–water partition coefficient (Wildman–Crippen LogP) is 14.4. The lowest BCUT2D eigenvalue weighted by Gasteiger charge is -2.56. The molecule has 1 aliphatic rings. The van der Waals surface area contributed by atoms with Gasteiger partial charge in [0.1, 0.15) is 0 Å². The van der Waals surface area contributed by atoms with Crippen molar-refractivity contribution in [2.45, 2.75) is 183 Å². The molecule has 0 N–H and O–H groups in total. The van der Waals surface area contributed by atoms with Gasteiger partial charge in [-0.25, -0.2) is 0 Å². The molecule has 56 heavy (non-hydrogen) atoms. The van der Waals surface area contributed by atoms with Gasteiger partial charge in [0, 0.05) is 10.3 Å². The van der Waals surface area contributed by atoms with Crippen LogP contribution >= 0.6 is 18.5 Å². The first-order valence-electron chi connectivity index (χ1n) is 23.2. The molecule has 4 aromatic rings. The fourth-order valence-electron chi connectivity index (χ4n) is 11.3. The third-order valence-corrected chi connectivity index (χ3v) is 16.7. The number of aryl methyl sites for hydroxylation is 8. The van der Waals surface area contributed by atoms with Crippen molar-refractivity contribution in [3.63, 3.8) is 0 Å². The maximum atomic E-state index is 3.64. The average molecular weight is 789 g/mol. The Morgan fingerprint density at radius 1 is 0.321 bits per heavy atom. The van der Waals surface area contributed by atoms with Crippen LogP contribution in [0.25, 0.3) is 0 Å². The number of hydrogen-bond donors (Lipinski definition) is 0. The van der Waals surface area contributed by atoms with E-state index in [0.29, 0.717) is 11.8 Å². The summed E-state index contributed by atoms with van der Waals surface area (Å²) in [5.74, 6) is 0.881. The van der Waals surface area contributed by atoms with Crippen LogP contribution in [0, 0.1) is 11.8 Å². The highest BCUT2D eigenvalue weighted by molar-refractivity contribution is 7.19. The van der Waals surface area contributed by atoms with Crippen LogP contribution in [0.4, 0.5) is 0 Å². The topological polar surface area (TPSA) is 0 Å². The van der Waals surface area contributed by atoms with Crippen LogP contribution in [0.1, 0.15) is 185 Å². The molecule has 2 unspecified atom stereocenters. The van der Waals surface area contributed by atoms with Crippen molar-refractivity contribution >= 4 is 18.5 Å². The van der Waals surface area contributed by atoms with Gasteiger partial charge in [0.2, 0.25) is 0 Å². The van der Waals surface area contributed by atoms with E-state index >= 15 is 0 Å². The van der Waals surface area contributed by atoms with E-state index < -0.39 is 0 Å². The van der Waals surface area contributed by atoms with Crippen LogP contribution in [-0.2, 0) is 87.4 Å². The standard InChI is InChI=1S/C54H78P2/c1-13-35-27-43(28-36(14-2)47(35)21-9)53(55,44-29-37(15-3)48(22-10)38(16-4)30-44)51-25-26-52(51)54(56,45-31-39(17-5)49(23-11)40(18-6)32-45)46-33-41(19-7)50(24-12)42(20-8)34-46/h27-34,51-52H,13-26,55-56H2,1-12H3/t51-,52-/m0/s1. The molecule has 2 heteroatoms. The molecular formula is C54H78P2. The Morgan fingerprint density at radius 2 is 0.482 bits per heavy atom. The number of benzene rings is 4. The molecule has 0 aromatic heterocycles. The molecule has 1 saturated carbocycles. The van der Waals surface area contributed by atoms with Gasteiger partial charge in [-0.3, -0.25) is 0 Å². The van der Waals surface area contributed by atoms with Crippen molar-refractivity contribution in [1.82, 2.24) is 0 Å². The van der Waals surface area contributed by atoms with Crippen molar-refractivity contribution in [2.75, 3.05) is 0 Å². The fraction of sp³-hybridized carbons (Fsp3) is 0.556. The second-order valence-corrected chi connectivity index (χ2v) is 18.7. The van der Waals surface area contributed by atoms with Crippen molar-refractivity contribution < 1.29 is 0 Å². The summed E-state index contributed by atoms with van der Waals surface area (Å²) < 4.78 is 0. The summed E-state index contributed by atoms with van der Waals surface area (Å²) in [6.07, 6.45) is 15.5. The molecule has 0 aliphatic heterocycles. The quantitative estimate of drug-likeness (QED) is 0.0881. The van der Waals surface area contributed by atoms with E-state index in [9.17, 15) is 0 Å². The maximum Gasteiger partial charge on any atom is 0.0376 e. The highest BCUT2D eigenvalue weighted by atomic mass is 31.0. The van der Waals surface area contributed by atoms with Crippen LogP contribution < -0.4 is 0 Å². The molecule has 304 valence electrons. The van der Waals surface area contributed by atoms with Crippen LogP contribution in [0.15, 0.2) is 48.5 Å². The molecule has 4 aromatic carbocycles. The van der Waals surface area contributed by atoms with E-state index in [1.165, 1.54) is 35.1 Å². The SMILES string of the molecule is CCc1cc(C(P)(c2cc(CC)c(CC)c(CC)c2)[C@H]2CC[C@@H]2C(P)(c2cc(CC)c(CC)c(CC)c2)c2cc(CC)c(CC)c(CC)c2)cc(CC)c1CC. The van der Waals surface area contributed by atoms with E-state index in [1.54, 1.807) is 66.8 Å². The van der Waals surface area contributed by atoms with Crippen molar-refractivity contribution in [3.8, 4) is 0 Å². The monoisotopic (exact) mass is 789 g/mol. The van der Waals surface area contributed by atoms with Crippen molar-refractivity contribution in [3.05, 3.63) is 138 Å². The summed E-state index contributed by atoms with van der Waals surface area (Å²) in [6.45, 7) is 28.4. The Morgan fingerprint density at radius 3 is 0.589 bits per heavy atom. The van der Waals surface area contributed by atoms with Gasteiger partial charge in [0.05, 0.1) is 0 Å². The summed E-state index contributed by atoms with van der Waals surface area (Å²) in [4.78, 5) is 0. The van der Waals surface area contributed by atoms with E-state index in [0.717, 1.165) is 77.0 Å². The molecule has 5 rings (SSSR count). The zero-order valence-electron chi connectivity index (χ0n) is 37.8. The van der Waals surface area contributed by atoms with Gasteiger partial charge in [0.15, 0.2) is 0 Å². The van der Waals surface area contributed by atoms with Crippen LogP contribution in [0.5, 0.6) is 0 Å². The Bertz CT molecular complexity index is 1610. The van der Waals surface area contributed by atoms with E-state index in [2.05, 4.69) is 150 Å². The third kappa shape index (κ3) is 7.79. The van der Waals surface area contributed by atoms with E-state index in [-0.39, 0.29) is 10.3 Å². The van der Waals surface area contributed by atoms with Crippen molar-refractivity contribution in [1.29, 1.82) is 0 Å².